The van der Waals surface area contributed by atoms with E-state index in [9.17, 15) is 4.79 Å². The van der Waals surface area contributed by atoms with E-state index in [0.717, 1.165) is 24.3 Å². The highest BCUT2D eigenvalue weighted by Crippen LogP contribution is 2.28. The average Bonchev–Trinajstić information content (AvgIpc) is 2.91. The molecule has 2 heterocycles. The average molecular weight is 321 g/mol. The second-order valence-corrected chi connectivity index (χ2v) is 6.59. The Morgan fingerprint density at radius 3 is 2.29 bits per heavy atom. The van der Waals surface area contributed by atoms with Crippen molar-refractivity contribution in [1.29, 1.82) is 0 Å². The second-order valence-electron chi connectivity index (χ2n) is 6.59. The third kappa shape index (κ3) is 2.96. The van der Waals surface area contributed by atoms with Crippen LogP contribution in [-0.4, -0.2) is 19.0 Å². The minimum absolute atomic E-state index is 0.0223. The summed E-state index contributed by atoms with van der Waals surface area (Å²) in [7, 11) is 0. The Hall–Kier alpha value is -2.49. The minimum Gasteiger partial charge on any atom is -0.372 e. The Bertz CT molecular complexity index is 718. The number of rotatable bonds is 2. The third-order valence-corrected chi connectivity index (χ3v) is 4.94. The van der Waals surface area contributed by atoms with Crippen molar-refractivity contribution in [3.8, 4) is 0 Å². The van der Waals surface area contributed by atoms with Crippen LogP contribution in [0.4, 0.5) is 11.4 Å². The predicted molar refractivity (Wildman–Crippen MR) is 97.4 cm³/mol. The summed E-state index contributed by atoms with van der Waals surface area (Å²) in [6.07, 6.45) is 5.06. The van der Waals surface area contributed by atoms with Crippen molar-refractivity contribution in [2.24, 2.45) is 0 Å². The molecule has 0 saturated carbocycles. The number of para-hydroxylation sites is 1. The normalized spacial score (nSPS) is 20.6. The lowest BCUT2D eigenvalue weighted by Crippen LogP contribution is -2.38. The zero-order valence-corrected chi connectivity index (χ0v) is 13.8. The van der Waals surface area contributed by atoms with Crippen molar-refractivity contribution in [1.82, 2.24) is 5.32 Å². The smallest absolute Gasteiger partial charge is 0.255 e. The molecule has 2 N–H and O–H groups in total. The van der Waals surface area contributed by atoms with Crippen LogP contribution >= 0.6 is 0 Å². The summed E-state index contributed by atoms with van der Waals surface area (Å²) in [6, 6.07) is 16.2. The number of nitrogens with one attached hydrogen (secondary N) is 2. The highest BCUT2D eigenvalue weighted by molar-refractivity contribution is 6.01. The van der Waals surface area contributed by atoms with Crippen molar-refractivity contribution in [2.75, 3.05) is 23.3 Å². The standard InChI is InChI=1S/C20H23N3O/c24-20-17-7-3-4-8-18(17)21-19(22-20)15-9-11-16(12-10-15)23-13-5-1-2-6-14-23/h3-4,7-12,19,21H,1-2,5-6,13-14H2,(H,22,24). The van der Waals surface area contributed by atoms with Crippen molar-refractivity contribution in [3.63, 3.8) is 0 Å². The molecule has 124 valence electrons. The Kier molecular flexibility index (Phi) is 4.11. The molecule has 0 aliphatic carbocycles. The lowest BCUT2D eigenvalue weighted by Gasteiger charge is -2.29. The fourth-order valence-electron chi connectivity index (χ4n) is 3.58. The fraction of sp³-hybridized carbons (Fsp3) is 0.350. The molecule has 1 atom stereocenters. The van der Waals surface area contributed by atoms with Crippen molar-refractivity contribution >= 4 is 17.3 Å². The molecule has 0 aromatic heterocycles. The molecule has 0 bridgehead atoms. The SMILES string of the molecule is O=C1NC(c2ccc(N3CCCCCC3)cc2)Nc2ccccc21. The molecule has 2 aromatic rings. The first-order valence-electron chi connectivity index (χ1n) is 8.82. The molecule has 4 nitrogen and oxygen atoms in total. The Labute approximate surface area is 142 Å². The van der Waals surface area contributed by atoms with Gasteiger partial charge in [-0.1, -0.05) is 37.1 Å². The van der Waals surface area contributed by atoms with Crippen LogP contribution < -0.4 is 15.5 Å². The molecule has 2 aromatic carbocycles. The van der Waals surface area contributed by atoms with Gasteiger partial charge in [0.25, 0.3) is 5.91 Å². The summed E-state index contributed by atoms with van der Waals surface area (Å²) in [4.78, 5) is 14.7. The van der Waals surface area contributed by atoms with E-state index in [0.29, 0.717) is 5.56 Å². The largest absolute Gasteiger partial charge is 0.372 e. The summed E-state index contributed by atoms with van der Waals surface area (Å²) in [5.74, 6) is -0.0223. The van der Waals surface area contributed by atoms with Crippen LogP contribution in [0.25, 0.3) is 0 Å². The fourth-order valence-corrected chi connectivity index (χ4v) is 3.58. The first-order chi connectivity index (χ1) is 11.8. The van der Waals surface area contributed by atoms with Gasteiger partial charge < -0.3 is 15.5 Å². The summed E-state index contributed by atoms with van der Waals surface area (Å²) in [5.41, 5.74) is 3.96. The van der Waals surface area contributed by atoms with Gasteiger partial charge in [-0.25, -0.2) is 0 Å². The predicted octanol–water partition coefficient (Wildman–Crippen LogP) is 3.92. The van der Waals surface area contributed by atoms with Crippen LogP contribution in [0.1, 0.15) is 47.8 Å². The Balaban J connectivity index is 1.52. The molecule has 0 spiro atoms. The van der Waals surface area contributed by atoms with Gasteiger partial charge in [-0.15, -0.1) is 0 Å². The van der Waals surface area contributed by atoms with Gasteiger partial charge in [-0.3, -0.25) is 4.79 Å². The van der Waals surface area contributed by atoms with Crippen molar-refractivity contribution < 1.29 is 4.79 Å². The number of amides is 1. The monoisotopic (exact) mass is 321 g/mol. The third-order valence-electron chi connectivity index (χ3n) is 4.94. The summed E-state index contributed by atoms with van der Waals surface area (Å²) < 4.78 is 0. The highest BCUT2D eigenvalue weighted by atomic mass is 16.2. The van der Waals surface area contributed by atoms with Gasteiger partial charge in [-0.2, -0.15) is 0 Å². The van der Waals surface area contributed by atoms with E-state index in [1.165, 1.54) is 31.4 Å². The number of fused-ring (bicyclic) bond motifs is 1. The summed E-state index contributed by atoms with van der Waals surface area (Å²) >= 11 is 0. The van der Waals surface area contributed by atoms with E-state index in [4.69, 9.17) is 0 Å². The van der Waals surface area contributed by atoms with Gasteiger partial charge in [0.1, 0.15) is 6.17 Å². The molecule has 4 heteroatoms. The Morgan fingerprint density at radius 1 is 0.833 bits per heavy atom. The lowest BCUT2D eigenvalue weighted by molar-refractivity contribution is 0.0935. The van der Waals surface area contributed by atoms with Crippen molar-refractivity contribution in [3.05, 3.63) is 59.7 Å². The maximum Gasteiger partial charge on any atom is 0.255 e. The van der Waals surface area contributed by atoms with Gasteiger partial charge >= 0.3 is 0 Å². The Morgan fingerprint density at radius 2 is 1.54 bits per heavy atom. The number of hydrogen-bond donors (Lipinski definition) is 2. The van der Waals surface area contributed by atoms with Crippen LogP contribution in [0.2, 0.25) is 0 Å². The number of benzene rings is 2. The summed E-state index contributed by atoms with van der Waals surface area (Å²) in [6.45, 7) is 2.29. The number of nitrogens with zero attached hydrogens (tertiary/aromatic N) is 1. The van der Waals surface area contributed by atoms with Gasteiger partial charge in [0.05, 0.1) is 5.56 Å². The van der Waals surface area contributed by atoms with Crippen molar-refractivity contribution in [2.45, 2.75) is 31.8 Å². The van der Waals surface area contributed by atoms with E-state index >= 15 is 0 Å². The highest BCUT2D eigenvalue weighted by Gasteiger charge is 2.24. The van der Waals surface area contributed by atoms with E-state index in [1.807, 2.05) is 24.3 Å². The van der Waals surface area contributed by atoms with E-state index in [-0.39, 0.29) is 12.1 Å². The molecule has 2 aliphatic rings. The minimum atomic E-state index is -0.175. The zero-order chi connectivity index (χ0) is 16.4. The van der Waals surface area contributed by atoms with Gasteiger partial charge in [0, 0.05) is 24.5 Å². The van der Waals surface area contributed by atoms with Crippen LogP contribution in [0.15, 0.2) is 48.5 Å². The molecule has 2 aliphatic heterocycles. The summed E-state index contributed by atoms with van der Waals surface area (Å²) in [5, 5.41) is 6.44. The zero-order valence-electron chi connectivity index (χ0n) is 13.8. The van der Waals surface area contributed by atoms with Gasteiger partial charge in [0.2, 0.25) is 0 Å². The van der Waals surface area contributed by atoms with E-state index < -0.39 is 0 Å². The first-order valence-corrected chi connectivity index (χ1v) is 8.82. The molecular formula is C20H23N3O. The maximum atomic E-state index is 12.3. The molecule has 1 unspecified atom stereocenters. The number of hydrogen-bond acceptors (Lipinski definition) is 3. The van der Waals surface area contributed by atoms with Crippen LogP contribution in [0, 0.1) is 0 Å². The number of carbonyl (C=O) groups excluding carboxylic acids is 1. The molecule has 0 radical (unpaired) electrons. The number of anilines is 2. The van der Waals surface area contributed by atoms with Gasteiger partial charge in [0.15, 0.2) is 0 Å². The topological polar surface area (TPSA) is 44.4 Å². The number of carbonyl (C=O) groups is 1. The molecule has 4 rings (SSSR count). The molecular weight excluding hydrogens is 298 g/mol. The first kappa shape index (κ1) is 15.1. The lowest BCUT2D eigenvalue weighted by atomic mass is 10.1. The van der Waals surface area contributed by atoms with Crippen LogP contribution in [0.5, 0.6) is 0 Å². The molecule has 24 heavy (non-hydrogen) atoms. The van der Waals surface area contributed by atoms with Crippen LogP contribution in [-0.2, 0) is 0 Å². The quantitative estimate of drug-likeness (QED) is 0.881. The second kappa shape index (κ2) is 6.56. The van der Waals surface area contributed by atoms with Crippen LogP contribution in [0.3, 0.4) is 0 Å². The van der Waals surface area contributed by atoms with Gasteiger partial charge in [-0.05, 0) is 42.7 Å². The van der Waals surface area contributed by atoms with E-state index in [1.54, 1.807) is 0 Å². The molecule has 1 saturated heterocycles. The molecule has 1 fully saturated rings. The molecule has 1 amide bonds. The maximum absolute atomic E-state index is 12.3. The van der Waals surface area contributed by atoms with E-state index in [2.05, 4.69) is 39.8 Å².